The van der Waals surface area contributed by atoms with Gasteiger partial charge in [-0.05, 0) is 44.0 Å². The van der Waals surface area contributed by atoms with E-state index in [0.717, 1.165) is 32.0 Å². The Bertz CT molecular complexity index is 501. The zero-order valence-corrected chi connectivity index (χ0v) is 10.7. The molecule has 0 aliphatic carbocycles. The lowest BCUT2D eigenvalue weighted by molar-refractivity contribution is 0.372. The number of sulfonamides is 1. The van der Waals surface area contributed by atoms with Crippen molar-refractivity contribution < 1.29 is 12.8 Å². The third-order valence-electron chi connectivity index (χ3n) is 3.00. The molecule has 0 bridgehead atoms. The summed E-state index contributed by atoms with van der Waals surface area (Å²) in [5, 5.41) is 2.67. The standard InChI is InChI=1S/C11H16FN3O2S/c12-10-2-1-5-14-11(10)18(16,17)15-8-9-3-6-13-7-4-9/h1-2,5,9,13,15H,3-4,6-8H2. The molecule has 0 atom stereocenters. The van der Waals surface area contributed by atoms with E-state index in [1.54, 1.807) is 0 Å². The van der Waals surface area contributed by atoms with E-state index in [2.05, 4.69) is 15.0 Å². The number of pyridine rings is 1. The Morgan fingerprint density at radius 1 is 1.44 bits per heavy atom. The smallest absolute Gasteiger partial charge is 0.261 e. The molecule has 0 radical (unpaired) electrons. The lowest BCUT2D eigenvalue weighted by Crippen LogP contribution is -2.36. The van der Waals surface area contributed by atoms with Crippen LogP contribution in [0.3, 0.4) is 0 Å². The lowest BCUT2D eigenvalue weighted by atomic mass is 9.99. The van der Waals surface area contributed by atoms with Gasteiger partial charge in [0.2, 0.25) is 5.03 Å². The summed E-state index contributed by atoms with van der Waals surface area (Å²) in [6, 6.07) is 2.45. The van der Waals surface area contributed by atoms with Gasteiger partial charge in [0.05, 0.1) is 0 Å². The van der Waals surface area contributed by atoms with E-state index in [1.165, 1.54) is 12.3 Å². The molecule has 2 N–H and O–H groups in total. The molecule has 1 aliphatic heterocycles. The molecule has 7 heteroatoms. The first kappa shape index (κ1) is 13.4. The van der Waals surface area contributed by atoms with E-state index in [-0.39, 0.29) is 0 Å². The fourth-order valence-electron chi connectivity index (χ4n) is 1.95. The molecule has 2 heterocycles. The van der Waals surface area contributed by atoms with Gasteiger partial charge in [-0.15, -0.1) is 0 Å². The van der Waals surface area contributed by atoms with Crippen molar-refractivity contribution in [3.05, 3.63) is 24.1 Å². The fourth-order valence-corrected chi connectivity index (χ4v) is 3.07. The van der Waals surface area contributed by atoms with Gasteiger partial charge in [-0.2, -0.15) is 0 Å². The highest BCUT2D eigenvalue weighted by atomic mass is 32.2. The van der Waals surface area contributed by atoms with Crippen molar-refractivity contribution in [3.63, 3.8) is 0 Å². The number of piperidine rings is 1. The van der Waals surface area contributed by atoms with Gasteiger partial charge >= 0.3 is 0 Å². The normalized spacial score (nSPS) is 17.8. The average molecular weight is 273 g/mol. The Kier molecular flexibility index (Phi) is 4.26. The van der Waals surface area contributed by atoms with Crippen LogP contribution in [0.1, 0.15) is 12.8 Å². The van der Waals surface area contributed by atoms with Gasteiger partial charge in [0, 0.05) is 12.7 Å². The summed E-state index contributed by atoms with van der Waals surface area (Å²) in [7, 11) is -3.85. The Balaban J connectivity index is 2.01. The second kappa shape index (κ2) is 5.73. The number of halogens is 1. The predicted molar refractivity (Wildman–Crippen MR) is 65.0 cm³/mol. The van der Waals surface area contributed by atoms with Crippen LogP contribution in [0, 0.1) is 11.7 Å². The first-order valence-electron chi connectivity index (χ1n) is 5.90. The summed E-state index contributed by atoms with van der Waals surface area (Å²) in [4.78, 5) is 3.58. The Labute approximate surface area is 106 Å². The van der Waals surface area contributed by atoms with Crippen LogP contribution < -0.4 is 10.0 Å². The molecular weight excluding hydrogens is 257 g/mol. The van der Waals surface area contributed by atoms with Crippen LogP contribution in [0.5, 0.6) is 0 Å². The summed E-state index contributed by atoms with van der Waals surface area (Å²) in [6.07, 6.45) is 3.11. The molecule has 1 aliphatic rings. The van der Waals surface area contributed by atoms with E-state index < -0.39 is 20.9 Å². The van der Waals surface area contributed by atoms with Crippen molar-refractivity contribution in [1.29, 1.82) is 0 Å². The van der Waals surface area contributed by atoms with Gasteiger partial charge < -0.3 is 5.32 Å². The van der Waals surface area contributed by atoms with Crippen molar-refractivity contribution in [3.8, 4) is 0 Å². The van der Waals surface area contributed by atoms with Gasteiger partial charge in [0.1, 0.15) is 0 Å². The first-order chi connectivity index (χ1) is 8.59. The molecule has 18 heavy (non-hydrogen) atoms. The van der Waals surface area contributed by atoms with Crippen molar-refractivity contribution in [1.82, 2.24) is 15.0 Å². The van der Waals surface area contributed by atoms with Gasteiger partial charge in [0.25, 0.3) is 10.0 Å². The second-order valence-corrected chi connectivity index (χ2v) is 6.02. The van der Waals surface area contributed by atoms with Crippen LogP contribution in [-0.4, -0.2) is 33.0 Å². The van der Waals surface area contributed by atoms with Crippen molar-refractivity contribution >= 4 is 10.0 Å². The molecule has 0 aromatic carbocycles. The number of hydrogen-bond donors (Lipinski definition) is 2. The van der Waals surface area contributed by atoms with Crippen LogP contribution in [0.2, 0.25) is 0 Å². The Morgan fingerprint density at radius 3 is 2.83 bits per heavy atom. The topological polar surface area (TPSA) is 71.1 Å². The summed E-state index contributed by atoms with van der Waals surface area (Å²) >= 11 is 0. The van der Waals surface area contributed by atoms with Gasteiger partial charge in [-0.1, -0.05) is 0 Å². The highest BCUT2D eigenvalue weighted by Gasteiger charge is 2.22. The maximum Gasteiger partial charge on any atom is 0.261 e. The summed E-state index contributed by atoms with van der Waals surface area (Å²) in [5.41, 5.74) is 0. The maximum atomic E-state index is 13.4. The van der Waals surface area contributed by atoms with E-state index >= 15 is 0 Å². The Hall–Kier alpha value is -1.05. The fraction of sp³-hybridized carbons (Fsp3) is 0.545. The third kappa shape index (κ3) is 3.24. The summed E-state index contributed by atoms with van der Waals surface area (Å²) in [6.45, 7) is 2.12. The highest BCUT2D eigenvalue weighted by Crippen LogP contribution is 2.13. The number of aromatic nitrogens is 1. The van der Waals surface area contributed by atoms with Crippen LogP contribution in [0.4, 0.5) is 4.39 Å². The number of nitrogens with zero attached hydrogens (tertiary/aromatic N) is 1. The van der Waals surface area contributed by atoms with E-state index in [9.17, 15) is 12.8 Å². The van der Waals surface area contributed by atoms with Crippen molar-refractivity contribution in [2.75, 3.05) is 19.6 Å². The zero-order valence-electron chi connectivity index (χ0n) is 9.89. The maximum absolute atomic E-state index is 13.4. The van der Waals surface area contributed by atoms with E-state index in [1.807, 2.05) is 0 Å². The number of rotatable bonds is 4. The first-order valence-corrected chi connectivity index (χ1v) is 7.39. The minimum absolute atomic E-state index is 0.299. The van der Waals surface area contributed by atoms with Crippen LogP contribution in [0.25, 0.3) is 0 Å². The van der Waals surface area contributed by atoms with Gasteiger partial charge in [-0.3, -0.25) is 0 Å². The van der Waals surface area contributed by atoms with Gasteiger partial charge in [0.15, 0.2) is 5.82 Å². The Morgan fingerprint density at radius 2 is 2.17 bits per heavy atom. The van der Waals surface area contributed by atoms with Crippen molar-refractivity contribution in [2.24, 2.45) is 5.92 Å². The lowest BCUT2D eigenvalue weighted by Gasteiger charge is -2.22. The number of nitrogens with one attached hydrogen (secondary N) is 2. The second-order valence-electron chi connectivity index (χ2n) is 4.34. The van der Waals surface area contributed by atoms with E-state index in [0.29, 0.717) is 12.5 Å². The van der Waals surface area contributed by atoms with Gasteiger partial charge in [-0.25, -0.2) is 22.5 Å². The minimum Gasteiger partial charge on any atom is -0.317 e. The molecule has 1 fully saturated rings. The molecule has 5 nitrogen and oxygen atoms in total. The molecule has 100 valence electrons. The average Bonchev–Trinajstić information content (AvgIpc) is 2.38. The monoisotopic (exact) mass is 273 g/mol. The van der Waals surface area contributed by atoms with Crippen LogP contribution in [0.15, 0.2) is 23.4 Å². The molecule has 0 saturated carbocycles. The molecule has 1 saturated heterocycles. The van der Waals surface area contributed by atoms with Crippen molar-refractivity contribution in [2.45, 2.75) is 17.9 Å². The summed E-state index contributed by atoms with van der Waals surface area (Å²) < 4.78 is 39.5. The molecule has 1 aromatic heterocycles. The predicted octanol–water partition coefficient (Wildman–Crippen LogP) is 0.499. The molecule has 0 amide bonds. The highest BCUT2D eigenvalue weighted by molar-refractivity contribution is 7.89. The molecule has 2 rings (SSSR count). The molecule has 1 aromatic rings. The molecule has 0 unspecified atom stereocenters. The molecular formula is C11H16FN3O2S. The van der Waals surface area contributed by atoms with Crippen LogP contribution >= 0.6 is 0 Å². The quantitative estimate of drug-likeness (QED) is 0.838. The SMILES string of the molecule is O=S(=O)(NCC1CCNCC1)c1ncccc1F. The zero-order chi connectivity index (χ0) is 13.0. The van der Waals surface area contributed by atoms with Crippen LogP contribution in [-0.2, 0) is 10.0 Å². The largest absolute Gasteiger partial charge is 0.317 e. The van der Waals surface area contributed by atoms with E-state index in [4.69, 9.17) is 0 Å². The molecule has 0 spiro atoms. The summed E-state index contributed by atoms with van der Waals surface area (Å²) in [5.74, 6) is -0.525. The number of hydrogen-bond acceptors (Lipinski definition) is 4. The third-order valence-corrected chi connectivity index (χ3v) is 4.36. The minimum atomic E-state index is -3.85.